The Morgan fingerprint density at radius 2 is 1.57 bits per heavy atom. The molecule has 0 aliphatic carbocycles. The second-order valence-corrected chi connectivity index (χ2v) is 6.93. The molecule has 160 valence electrons. The van der Waals surface area contributed by atoms with E-state index in [-0.39, 0.29) is 23.2 Å². The van der Waals surface area contributed by atoms with E-state index in [4.69, 9.17) is 14.2 Å². The van der Waals surface area contributed by atoms with Crippen molar-refractivity contribution >= 4 is 23.3 Å². The Bertz CT molecular complexity index is 904. The first-order valence-corrected chi connectivity index (χ1v) is 9.73. The minimum Gasteiger partial charge on any atom is -0.493 e. The second-order valence-electron chi connectivity index (χ2n) is 6.93. The number of carbonyl (C=O) groups is 3. The highest BCUT2D eigenvalue weighted by molar-refractivity contribution is 6.02. The summed E-state index contributed by atoms with van der Waals surface area (Å²) < 4.78 is 16.0. The van der Waals surface area contributed by atoms with Crippen LogP contribution in [0.1, 0.15) is 48.4 Å². The van der Waals surface area contributed by atoms with Crippen LogP contribution in [0.2, 0.25) is 0 Å². The van der Waals surface area contributed by atoms with Gasteiger partial charge in [-0.15, -0.1) is 0 Å². The summed E-state index contributed by atoms with van der Waals surface area (Å²) in [5, 5.41) is 2.76. The van der Waals surface area contributed by atoms with Crippen LogP contribution in [0.15, 0.2) is 42.5 Å². The topological polar surface area (TPSA) is 90.9 Å². The van der Waals surface area contributed by atoms with Crippen molar-refractivity contribution in [1.82, 2.24) is 0 Å². The summed E-state index contributed by atoms with van der Waals surface area (Å²) in [6.07, 6.45) is -0.980. The third-order valence-electron chi connectivity index (χ3n) is 4.31. The van der Waals surface area contributed by atoms with Crippen molar-refractivity contribution in [1.29, 1.82) is 0 Å². The largest absolute Gasteiger partial charge is 0.493 e. The molecule has 0 aliphatic heterocycles. The molecule has 30 heavy (non-hydrogen) atoms. The maximum Gasteiger partial charge on any atom is 0.338 e. The van der Waals surface area contributed by atoms with E-state index in [1.165, 1.54) is 20.1 Å². The van der Waals surface area contributed by atoms with Crippen molar-refractivity contribution in [3.63, 3.8) is 0 Å². The minimum atomic E-state index is -0.980. The summed E-state index contributed by atoms with van der Waals surface area (Å²) in [6, 6.07) is 11.1. The molecule has 0 bridgehead atoms. The Hall–Kier alpha value is -3.35. The van der Waals surface area contributed by atoms with Gasteiger partial charge in [-0.05, 0) is 56.3 Å². The summed E-state index contributed by atoms with van der Waals surface area (Å²) >= 11 is 0. The molecule has 1 atom stereocenters. The number of benzene rings is 2. The van der Waals surface area contributed by atoms with Crippen LogP contribution in [0, 0.1) is 5.92 Å². The van der Waals surface area contributed by atoms with Gasteiger partial charge in [0, 0.05) is 17.2 Å². The highest BCUT2D eigenvalue weighted by atomic mass is 16.5. The molecule has 0 aromatic heterocycles. The molecule has 0 aliphatic rings. The number of rotatable bonds is 9. The van der Waals surface area contributed by atoms with Crippen LogP contribution >= 0.6 is 0 Å². The van der Waals surface area contributed by atoms with Crippen molar-refractivity contribution in [3.8, 4) is 11.5 Å². The molecular weight excluding hydrogens is 386 g/mol. The molecule has 1 amide bonds. The van der Waals surface area contributed by atoms with Gasteiger partial charge in [-0.3, -0.25) is 9.59 Å². The molecule has 0 heterocycles. The second kappa shape index (κ2) is 10.4. The van der Waals surface area contributed by atoms with Gasteiger partial charge in [0.1, 0.15) is 0 Å². The van der Waals surface area contributed by atoms with E-state index in [0.29, 0.717) is 29.4 Å². The zero-order chi connectivity index (χ0) is 22.3. The fourth-order valence-corrected chi connectivity index (χ4v) is 2.59. The van der Waals surface area contributed by atoms with Crippen LogP contribution < -0.4 is 14.8 Å². The molecule has 1 N–H and O–H groups in total. The number of methoxy groups -OCH3 is 1. The smallest absolute Gasteiger partial charge is 0.338 e. The summed E-state index contributed by atoms with van der Waals surface area (Å²) in [7, 11) is 1.51. The molecule has 7 heteroatoms. The van der Waals surface area contributed by atoms with Gasteiger partial charge in [-0.1, -0.05) is 13.8 Å². The van der Waals surface area contributed by atoms with E-state index in [1.807, 2.05) is 6.92 Å². The number of amides is 1. The van der Waals surface area contributed by atoms with E-state index in [0.717, 1.165) is 0 Å². The summed E-state index contributed by atoms with van der Waals surface area (Å²) in [5.41, 5.74) is 1.23. The first-order chi connectivity index (χ1) is 14.3. The normalized spacial score (nSPS) is 11.5. The number of nitrogens with one attached hydrogen (secondary N) is 1. The number of ether oxygens (including phenoxy) is 3. The third kappa shape index (κ3) is 5.83. The Morgan fingerprint density at radius 1 is 0.933 bits per heavy atom. The van der Waals surface area contributed by atoms with E-state index >= 15 is 0 Å². The third-order valence-corrected chi connectivity index (χ3v) is 4.31. The highest BCUT2D eigenvalue weighted by Crippen LogP contribution is 2.28. The van der Waals surface area contributed by atoms with Gasteiger partial charge in [0.25, 0.3) is 0 Å². The molecule has 0 saturated heterocycles. The van der Waals surface area contributed by atoms with Gasteiger partial charge in [0.2, 0.25) is 11.7 Å². The van der Waals surface area contributed by atoms with E-state index in [2.05, 4.69) is 5.32 Å². The molecule has 0 spiro atoms. The molecule has 2 aromatic rings. The maximum absolute atomic E-state index is 12.6. The van der Waals surface area contributed by atoms with E-state index in [9.17, 15) is 14.4 Å². The van der Waals surface area contributed by atoms with Crippen LogP contribution in [0.5, 0.6) is 11.5 Å². The predicted octanol–water partition coefficient (Wildman–Crippen LogP) is 4.12. The van der Waals surface area contributed by atoms with E-state index in [1.54, 1.807) is 50.2 Å². The summed E-state index contributed by atoms with van der Waals surface area (Å²) in [4.78, 5) is 36.8. The van der Waals surface area contributed by atoms with Gasteiger partial charge in [0.05, 0.1) is 19.3 Å². The SMILES string of the molecule is CCOc1cc(C(=O)OC(C)C(=O)c2ccc(NC(=O)C(C)C)cc2)ccc1OC. The summed E-state index contributed by atoms with van der Waals surface area (Å²) in [6.45, 7) is 7.34. The lowest BCUT2D eigenvalue weighted by Gasteiger charge is -2.14. The number of esters is 1. The lowest BCUT2D eigenvalue weighted by molar-refractivity contribution is -0.118. The number of anilines is 1. The maximum atomic E-state index is 12.6. The summed E-state index contributed by atoms with van der Waals surface area (Å²) in [5.74, 6) is -0.312. The van der Waals surface area contributed by atoms with Crippen LogP contribution in [0.4, 0.5) is 5.69 Å². The molecular formula is C23H27NO6. The number of ketones is 1. The number of Topliss-reactive ketones (excluding diaryl/α,β-unsaturated/α-hetero) is 1. The Labute approximate surface area is 176 Å². The van der Waals surface area contributed by atoms with Crippen LogP contribution in [0.25, 0.3) is 0 Å². The Balaban J connectivity index is 2.05. The van der Waals surface area contributed by atoms with Crippen molar-refractivity contribution in [2.45, 2.75) is 33.8 Å². The van der Waals surface area contributed by atoms with Crippen molar-refractivity contribution in [3.05, 3.63) is 53.6 Å². The van der Waals surface area contributed by atoms with Crippen LogP contribution in [-0.4, -0.2) is 37.5 Å². The average Bonchev–Trinajstić information content (AvgIpc) is 2.73. The van der Waals surface area contributed by atoms with Gasteiger partial charge in [0.15, 0.2) is 17.6 Å². The molecule has 2 rings (SSSR count). The highest BCUT2D eigenvalue weighted by Gasteiger charge is 2.21. The molecule has 2 aromatic carbocycles. The molecule has 0 radical (unpaired) electrons. The van der Waals surface area contributed by atoms with Crippen LogP contribution in [-0.2, 0) is 9.53 Å². The van der Waals surface area contributed by atoms with Gasteiger partial charge < -0.3 is 19.5 Å². The van der Waals surface area contributed by atoms with E-state index < -0.39 is 12.1 Å². The molecule has 7 nitrogen and oxygen atoms in total. The monoisotopic (exact) mass is 413 g/mol. The lowest BCUT2D eigenvalue weighted by Crippen LogP contribution is -2.24. The van der Waals surface area contributed by atoms with Crippen molar-refractivity contribution in [2.24, 2.45) is 5.92 Å². The minimum absolute atomic E-state index is 0.109. The zero-order valence-electron chi connectivity index (χ0n) is 17.9. The van der Waals surface area contributed by atoms with Gasteiger partial charge >= 0.3 is 5.97 Å². The Kier molecular flexibility index (Phi) is 7.98. The molecule has 1 unspecified atom stereocenters. The Morgan fingerprint density at radius 3 is 2.13 bits per heavy atom. The molecule has 0 fully saturated rings. The number of hydrogen-bond acceptors (Lipinski definition) is 6. The lowest BCUT2D eigenvalue weighted by atomic mass is 10.1. The average molecular weight is 413 g/mol. The fourth-order valence-electron chi connectivity index (χ4n) is 2.59. The number of hydrogen-bond donors (Lipinski definition) is 1. The first-order valence-electron chi connectivity index (χ1n) is 9.73. The predicted molar refractivity (Wildman–Crippen MR) is 113 cm³/mol. The quantitative estimate of drug-likeness (QED) is 0.491. The fraction of sp³-hybridized carbons (Fsp3) is 0.348. The van der Waals surface area contributed by atoms with Gasteiger partial charge in [-0.2, -0.15) is 0 Å². The van der Waals surface area contributed by atoms with Crippen LogP contribution in [0.3, 0.4) is 0 Å². The standard InChI is InChI=1S/C23H27NO6/c1-6-29-20-13-17(9-12-19(20)28-5)23(27)30-15(4)21(25)16-7-10-18(11-8-16)24-22(26)14(2)3/h7-15H,6H2,1-5H3,(H,24,26). The van der Waals surface area contributed by atoms with Crippen molar-refractivity contribution < 1.29 is 28.6 Å². The zero-order valence-corrected chi connectivity index (χ0v) is 17.9. The molecule has 0 saturated carbocycles. The van der Waals surface area contributed by atoms with Crippen molar-refractivity contribution in [2.75, 3.05) is 19.0 Å². The number of carbonyl (C=O) groups excluding carboxylic acids is 3. The first kappa shape index (κ1) is 22.9. The van der Waals surface area contributed by atoms with Gasteiger partial charge in [-0.25, -0.2) is 4.79 Å².